The fourth-order valence-corrected chi connectivity index (χ4v) is 4.19. The summed E-state index contributed by atoms with van der Waals surface area (Å²) in [6, 6.07) is 2.06. The molecule has 0 saturated heterocycles. The van der Waals surface area contributed by atoms with Crippen molar-refractivity contribution in [3.05, 3.63) is 44.6 Å². The molecule has 0 saturated carbocycles. The van der Waals surface area contributed by atoms with Gasteiger partial charge in [-0.05, 0) is 12.1 Å². The highest BCUT2D eigenvalue weighted by molar-refractivity contribution is 9.10. The number of rotatable bonds is 4. The fraction of sp³-hybridized carbons (Fsp3) is 0.0909. The molecule has 9 heteroatoms. The van der Waals surface area contributed by atoms with Crippen LogP contribution >= 0.6 is 27.3 Å². The molecule has 106 valence electrons. The first-order valence-electron chi connectivity index (χ1n) is 5.13. The number of benzene rings is 1. The zero-order valence-electron chi connectivity index (χ0n) is 9.71. The zero-order valence-corrected chi connectivity index (χ0v) is 12.9. The van der Waals surface area contributed by atoms with E-state index in [2.05, 4.69) is 20.9 Å². The first-order chi connectivity index (χ1) is 9.31. The van der Waals surface area contributed by atoms with Crippen molar-refractivity contribution in [2.45, 2.75) is 10.6 Å². The molecule has 1 aromatic heterocycles. The Kier molecular flexibility index (Phi) is 4.21. The standard InChI is InChI=1S/C11H7BrFNO4S2/c12-6-1-8(11(15)16)10(13)9(2-6)20(17,18)4-7-3-19-5-14-7/h1-3,5H,4H2,(H,15,16). The van der Waals surface area contributed by atoms with Crippen LogP contribution in [0.1, 0.15) is 16.1 Å². The third-order valence-electron chi connectivity index (χ3n) is 2.39. The molecule has 1 N–H and O–H groups in total. The number of nitrogens with zero attached hydrogens (tertiary/aromatic N) is 1. The highest BCUT2D eigenvalue weighted by atomic mass is 79.9. The maximum absolute atomic E-state index is 14.0. The van der Waals surface area contributed by atoms with Gasteiger partial charge in [0.05, 0.1) is 22.5 Å². The van der Waals surface area contributed by atoms with E-state index in [4.69, 9.17) is 5.11 Å². The molecule has 0 radical (unpaired) electrons. The summed E-state index contributed by atoms with van der Waals surface area (Å²) in [5.41, 5.74) is 1.05. The maximum atomic E-state index is 14.0. The van der Waals surface area contributed by atoms with E-state index in [1.807, 2.05) is 0 Å². The van der Waals surface area contributed by atoms with Gasteiger partial charge in [0.2, 0.25) is 0 Å². The number of sulfone groups is 1. The van der Waals surface area contributed by atoms with Gasteiger partial charge in [0.1, 0.15) is 4.90 Å². The van der Waals surface area contributed by atoms with E-state index in [1.165, 1.54) is 22.2 Å². The molecule has 0 fully saturated rings. The summed E-state index contributed by atoms with van der Waals surface area (Å²) in [7, 11) is -4.02. The van der Waals surface area contributed by atoms with Gasteiger partial charge in [-0.1, -0.05) is 15.9 Å². The molecule has 5 nitrogen and oxygen atoms in total. The molecule has 0 atom stereocenters. The van der Waals surface area contributed by atoms with Crippen LogP contribution in [0.25, 0.3) is 0 Å². The Bertz CT molecular complexity index is 759. The molecule has 2 aromatic rings. The molecule has 1 aromatic carbocycles. The Hall–Kier alpha value is -1.32. The van der Waals surface area contributed by atoms with Crippen LogP contribution in [-0.4, -0.2) is 24.5 Å². The highest BCUT2D eigenvalue weighted by Crippen LogP contribution is 2.26. The predicted molar refractivity (Wildman–Crippen MR) is 74.1 cm³/mol. The summed E-state index contributed by atoms with van der Waals surface area (Å²) >= 11 is 4.20. The van der Waals surface area contributed by atoms with Crippen molar-refractivity contribution in [3.63, 3.8) is 0 Å². The SMILES string of the molecule is O=C(O)c1cc(Br)cc(S(=O)(=O)Cc2cscn2)c1F. The van der Waals surface area contributed by atoms with Crippen molar-refractivity contribution < 1.29 is 22.7 Å². The second-order valence-corrected chi connectivity index (χ2v) is 7.40. The van der Waals surface area contributed by atoms with Crippen LogP contribution in [0.3, 0.4) is 0 Å². The molecule has 0 aliphatic rings. The number of hydrogen-bond acceptors (Lipinski definition) is 5. The monoisotopic (exact) mass is 379 g/mol. The molecule has 1 heterocycles. The maximum Gasteiger partial charge on any atom is 0.338 e. The van der Waals surface area contributed by atoms with E-state index < -0.39 is 37.8 Å². The summed E-state index contributed by atoms with van der Waals surface area (Å²) in [4.78, 5) is 14.1. The van der Waals surface area contributed by atoms with E-state index in [0.717, 1.165) is 12.1 Å². The second kappa shape index (κ2) is 5.58. The summed E-state index contributed by atoms with van der Waals surface area (Å²) in [5, 5.41) is 10.4. The summed E-state index contributed by atoms with van der Waals surface area (Å²) < 4.78 is 38.5. The van der Waals surface area contributed by atoms with Crippen molar-refractivity contribution in [3.8, 4) is 0 Å². The number of halogens is 2. The van der Waals surface area contributed by atoms with Crippen LogP contribution in [-0.2, 0) is 15.6 Å². The van der Waals surface area contributed by atoms with Gasteiger partial charge in [0.15, 0.2) is 15.7 Å². The quantitative estimate of drug-likeness (QED) is 0.882. The molecule has 0 aliphatic carbocycles. The molecular formula is C11H7BrFNO4S2. The zero-order chi connectivity index (χ0) is 14.9. The average molecular weight is 380 g/mol. The van der Waals surface area contributed by atoms with Crippen molar-refractivity contribution >= 4 is 43.1 Å². The number of aromatic carboxylic acids is 1. The van der Waals surface area contributed by atoms with Gasteiger partial charge in [0, 0.05) is 9.85 Å². The van der Waals surface area contributed by atoms with Crippen LogP contribution in [0.5, 0.6) is 0 Å². The first-order valence-corrected chi connectivity index (χ1v) is 8.52. The largest absolute Gasteiger partial charge is 0.478 e. The molecule has 0 amide bonds. The predicted octanol–water partition coefficient (Wildman–Crippen LogP) is 2.72. The Morgan fingerprint density at radius 2 is 2.15 bits per heavy atom. The number of thiazole rings is 1. The van der Waals surface area contributed by atoms with Gasteiger partial charge in [-0.2, -0.15) is 0 Å². The average Bonchev–Trinajstić information content (AvgIpc) is 2.83. The van der Waals surface area contributed by atoms with Gasteiger partial charge in [0.25, 0.3) is 0 Å². The third kappa shape index (κ3) is 3.05. The minimum Gasteiger partial charge on any atom is -0.478 e. The van der Waals surface area contributed by atoms with Crippen LogP contribution in [0, 0.1) is 5.82 Å². The minimum atomic E-state index is -4.02. The summed E-state index contributed by atoms with van der Waals surface area (Å²) in [6.45, 7) is 0. The molecule has 0 aliphatic heterocycles. The summed E-state index contributed by atoms with van der Waals surface area (Å²) in [6.07, 6.45) is 0. The number of hydrogen-bond donors (Lipinski definition) is 1. The van der Waals surface area contributed by atoms with Crippen molar-refractivity contribution in [2.75, 3.05) is 0 Å². The topological polar surface area (TPSA) is 84.3 Å². The first kappa shape index (κ1) is 15.1. The fourth-order valence-electron chi connectivity index (χ4n) is 1.53. The normalized spacial score (nSPS) is 11.5. The van der Waals surface area contributed by atoms with Gasteiger partial charge in [-0.15, -0.1) is 11.3 Å². The molecule has 0 spiro atoms. The number of aromatic nitrogens is 1. The van der Waals surface area contributed by atoms with E-state index in [1.54, 1.807) is 0 Å². The van der Waals surface area contributed by atoms with E-state index >= 15 is 0 Å². The lowest BCUT2D eigenvalue weighted by Crippen LogP contribution is -2.11. The van der Waals surface area contributed by atoms with Gasteiger partial charge in [-0.25, -0.2) is 22.6 Å². The van der Waals surface area contributed by atoms with Crippen LogP contribution in [0.2, 0.25) is 0 Å². The minimum absolute atomic E-state index is 0.174. The van der Waals surface area contributed by atoms with Gasteiger partial charge in [-0.3, -0.25) is 0 Å². The van der Waals surface area contributed by atoms with E-state index in [0.29, 0.717) is 0 Å². The molecule has 0 unspecified atom stereocenters. The highest BCUT2D eigenvalue weighted by Gasteiger charge is 2.25. The van der Waals surface area contributed by atoms with Gasteiger partial charge < -0.3 is 5.11 Å². The van der Waals surface area contributed by atoms with Crippen LogP contribution in [0.4, 0.5) is 4.39 Å². The molecule has 20 heavy (non-hydrogen) atoms. The number of carbonyl (C=O) groups is 1. The van der Waals surface area contributed by atoms with Crippen molar-refractivity contribution in [1.82, 2.24) is 4.98 Å². The Morgan fingerprint density at radius 1 is 1.45 bits per heavy atom. The smallest absolute Gasteiger partial charge is 0.338 e. The lowest BCUT2D eigenvalue weighted by atomic mass is 10.2. The van der Waals surface area contributed by atoms with Gasteiger partial charge >= 0.3 is 5.97 Å². The van der Waals surface area contributed by atoms with Crippen molar-refractivity contribution in [1.29, 1.82) is 0 Å². The lowest BCUT2D eigenvalue weighted by molar-refractivity contribution is 0.0691. The number of carboxylic acids is 1. The van der Waals surface area contributed by atoms with Crippen LogP contribution < -0.4 is 0 Å². The number of carboxylic acid groups (broad SMARTS) is 1. The van der Waals surface area contributed by atoms with Crippen molar-refractivity contribution in [2.24, 2.45) is 0 Å². The Balaban J connectivity index is 2.54. The Morgan fingerprint density at radius 3 is 2.70 bits per heavy atom. The summed E-state index contributed by atoms with van der Waals surface area (Å²) in [5.74, 6) is -3.28. The molecular weight excluding hydrogens is 373 g/mol. The molecule has 0 bridgehead atoms. The van der Waals surface area contributed by atoms with Crippen LogP contribution in [0.15, 0.2) is 32.4 Å². The third-order valence-corrected chi connectivity index (χ3v) is 5.13. The second-order valence-electron chi connectivity index (χ2n) is 3.81. The lowest BCUT2D eigenvalue weighted by Gasteiger charge is -2.07. The Labute approximate surface area is 126 Å². The molecule has 2 rings (SSSR count). The van der Waals surface area contributed by atoms with E-state index in [9.17, 15) is 17.6 Å². The van der Waals surface area contributed by atoms with E-state index in [-0.39, 0.29) is 10.2 Å².